The van der Waals surface area contributed by atoms with E-state index in [1.165, 1.54) is 16.8 Å². The van der Waals surface area contributed by atoms with Gasteiger partial charge in [-0.25, -0.2) is 15.0 Å². The van der Waals surface area contributed by atoms with Gasteiger partial charge in [0.2, 0.25) is 11.8 Å². The van der Waals surface area contributed by atoms with Gasteiger partial charge >= 0.3 is 0 Å². The van der Waals surface area contributed by atoms with Crippen LogP contribution < -0.4 is 15.4 Å². The molecule has 6 heterocycles. The minimum atomic E-state index is 0.0596. The van der Waals surface area contributed by atoms with Gasteiger partial charge < -0.3 is 15.4 Å². The highest BCUT2D eigenvalue weighted by molar-refractivity contribution is 7.99. The van der Waals surface area contributed by atoms with E-state index < -0.39 is 0 Å². The molecule has 4 aromatic rings. The number of imidazole rings is 1. The molecule has 0 radical (unpaired) electrons. The van der Waals surface area contributed by atoms with Crippen molar-refractivity contribution in [2.24, 2.45) is 11.1 Å². The maximum atomic E-state index is 6.74. The minimum absolute atomic E-state index is 0.0596. The fourth-order valence-electron chi connectivity index (χ4n) is 5.76. The first-order chi connectivity index (χ1) is 16.7. The molecule has 4 aromatic heterocycles. The molecular weight excluding hydrogens is 446 g/mol. The number of fused-ring (bicyclic) bond motifs is 3. The fraction of sp³-hybridized carbons (Fsp3) is 0.360. The van der Waals surface area contributed by atoms with E-state index in [-0.39, 0.29) is 11.5 Å². The maximum absolute atomic E-state index is 6.74. The van der Waals surface area contributed by atoms with Gasteiger partial charge in [-0.15, -0.1) is 0 Å². The molecule has 172 valence electrons. The summed E-state index contributed by atoms with van der Waals surface area (Å²) in [6.07, 6.45) is 13.4. The van der Waals surface area contributed by atoms with E-state index in [0.29, 0.717) is 6.61 Å². The molecule has 7 rings (SSSR count). The van der Waals surface area contributed by atoms with Crippen molar-refractivity contribution in [1.29, 1.82) is 0 Å². The number of hydrogen-bond acceptors (Lipinski definition) is 8. The lowest BCUT2D eigenvalue weighted by Crippen LogP contribution is -2.45. The Morgan fingerprint density at radius 3 is 2.82 bits per heavy atom. The first kappa shape index (κ1) is 20.2. The first-order valence-electron chi connectivity index (χ1n) is 11.8. The molecule has 3 aliphatic rings. The minimum Gasteiger partial charge on any atom is -0.477 e. The Balaban J connectivity index is 1.15. The number of nitrogens with zero attached hydrogens (tertiary/aromatic N) is 6. The first-order valence-corrected chi connectivity index (χ1v) is 12.6. The second-order valence-corrected chi connectivity index (χ2v) is 10.5. The molecule has 0 saturated carbocycles. The van der Waals surface area contributed by atoms with E-state index in [0.717, 1.165) is 66.0 Å². The molecule has 34 heavy (non-hydrogen) atoms. The summed E-state index contributed by atoms with van der Waals surface area (Å²) in [5.41, 5.74) is 11.3. The Kier molecular flexibility index (Phi) is 4.57. The van der Waals surface area contributed by atoms with Crippen LogP contribution in [0, 0.1) is 5.41 Å². The van der Waals surface area contributed by atoms with Gasteiger partial charge in [-0.2, -0.15) is 0 Å². The van der Waals surface area contributed by atoms with Crippen LogP contribution in [-0.4, -0.2) is 44.0 Å². The molecule has 1 aliphatic carbocycles. The normalized spacial score (nSPS) is 20.5. The third-order valence-electron chi connectivity index (χ3n) is 7.64. The molecule has 9 heteroatoms. The number of aromatic nitrogens is 5. The average molecular weight is 472 g/mol. The molecule has 0 unspecified atom stereocenters. The van der Waals surface area contributed by atoms with Gasteiger partial charge in [-0.1, -0.05) is 17.8 Å². The summed E-state index contributed by atoms with van der Waals surface area (Å²) in [5.74, 6) is 1.69. The van der Waals surface area contributed by atoms with Crippen molar-refractivity contribution >= 4 is 23.4 Å². The zero-order chi connectivity index (χ0) is 22.7. The van der Waals surface area contributed by atoms with Crippen molar-refractivity contribution in [3.05, 3.63) is 66.0 Å². The lowest BCUT2D eigenvalue weighted by Gasteiger charge is -2.42. The predicted octanol–water partition coefficient (Wildman–Crippen LogP) is 3.45. The summed E-state index contributed by atoms with van der Waals surface area (Å²) in [4.78, 5) is 23.1. The number of hydrogen-bond donors (Lipinski definition) is 1. The number of piperidine rings is 1. The van der Waals surface area contributed by atoms with E-state index in [2.05, 4.69) is 30.3 Å². The number of nitrogens with two attached hydrogens (primary N) is 1. The van der Waals surface area contributed by atoms with Crippen molar-refractivity contribution in [1.82, 2.24) is 24.3 Å². The molecule has 2 aliphatic heterocycles. The molecular formula is C25H25N7OS. The second-order valence-electron chi connectivity index (χ2n) is 9.38. The fourth-order valence-corrected chi connectivity index (χ4v) is 6.78. The van der Waals surface area contributed by atoms with Crippen molar-refractivity contribution in [3.63, 3.8) is 0 Å². The van der Waals surface area contributed by atoms with Crippen LogP contribution in [0.25, 0.3) is 5.65 Å². The molecule has 1 atom stereocenters. The Labute approximate surface area is 201 Å². The van der Waals surface area contributed by atoms with E-state index in [4.69, 9.17) is 15.5 Å². The van der Waals surface area contributed by atoms with Crippen LogP contribution in [0.4, 0.5) is 5.95 Å². The Bertz CT molecular complexity index is 1400. The lowest BCUT2D eigenvalue weighted by molar-refractivity contribution is 0.186. The molecule has 0 amide bonds. The van der Waals surface area contributed by atoms with Gasteiger partial charge in [0.1, 0.15) is 0 Å². The monoisotopic (exact) mass is 471 g/mol. The van der Waals surface area contributed by atoms with Crippen LogP contribution in [0.15, 0.2) is 59.0 Å². The van der Waals surface area contributed by atoms with Crippen LogP contribution in [0.2, 0.25) is 0 Å². The SMILES string of the molecule is N[C@@H]1c2cccnc2CC12CCN(c1ncc(Sc3ccnc4c3CCO4)c3nccn13)CC2. The summed E-state index contributed by atoms with van der Waals surface area (Å²) < 4.78 is 7.75. The summed E-state index contributed by atoms with van der Waals surface area (Å²) in [6, 6.07) is 6.25. The van der Waals surface area contributed by atoms with Crippen molar-refractivity contribution < 1.29 is 4.74 Å². The van der Waals surface area contributed by atoms with Gasteiger partial charge in [0.15, 0.2) is 5.65 Å². The quantitative estimate of drug-likeness (QED) is 0.486. The second kappa shape index (κ2) is 7.68. The summed E-state index contributed by atoms with van der Waals surface area (Å²) in [7, 11) is 0. The van der Waals surface area contributed by atoms with E-state index in [9.17, 15) is 0 Å². The van der Waals surface area contributed by atoms with Crippen LogP contribution in [-0.2, 0) is 12.8 Å². The Hall–Kier alpha value is -3.17. The molecule has 1 fully saturated rings. The third kappa shape index (κ3) is 3.03. The van der Waals surface area contributed by atoms with Crippen LogP contribution >= 0.6 is 11.8 Å². The van der Waals surface area contributed by atoms with E-state index in [1.54, 1.807) is 11.8 Å². The number of pyridine rings is 2. The summed E-state index contributed by atoms with van der Waals surface area (Å²) >= 11 is 1.68. The topological polar surface area (TPSA) is 94.5 Å². The van der Waals surface area contributed by atoms with Gasteiger partial charge in [-0.3, -0.25) is 9.38 Å². The highest BCUT2D eigenvalue weighted by Crippen LogP contribution is 2.50. The van der Waals surface area contributed by atoms with E-state index in [1.807, 2.05) is 43.1 Å². The van der Waals surface area contributed by atoms with E-state index >= 15 is 0 Å². The average Bonchev–Trinajstić information content (AvgIpc) is 3.60. The maximum Gasteiger partial charge on any atom is 0.217 e. The molecule has 8 nitrogen and oxygen atoms in total. The van der Waals surface area contributed by atoms with Crippen LogP contribution in [0.5, 0.6) is 5.88 Å². The zero-order valence-corrected chi connectivity index (χ0v) is 19.5. The molecule has 1 saturated heterocycles. The largest absolute Gasteiger partial charge is 0.477 e. The molecule has 0 bridgehead atoms. The Morgan fingerprint density at radius 1 is 1.03 bits per heavy atom. The highest BCUT2D eigenvalue weighted by Gasteiger charge is 2.46. The van der Waals surface area contributed by atoms with Gasteiger partial charge in [-0.05, 0) is 42.4 Å². The molecule has 1 spiro atoms. The number of rotatable bonds is 3. The predicted molar refractivity (Wildman–Crippen MR) is 129 cm³/mol. The van der Waals surface area contributed by atoms with Gasteiger partial charge in [0.05, 0.1) is 11.5 Å². The smallest absolute Gasteiger partial charge is 0.217 e. The van der Waals surface area contributed by atoms with Crippen molar-refractivity contribution in [2.45, 2.75) is 41.5 Å². The van der Waals surface area contributed by atoms with Gasteiger partial charge in [0.25, 0.3) is 0 Å². The molecule has 2 N–H and O–H groups in total. The standard InChI is InChI=1S/C25H25N7OS/c26-21-16-2-1-7-27-18(16)14-25(21)5-10-31(11-6-25)24-30-15-20(22-28-9-12-32(22)24)34-19-3-8-29-23-17(19)4-13-33-23/h1-3,7-9,12,15,21H,4-6,10-11,13-14,26H2/t21-/m1/s1. The van der Waals surface area contributed by atoms with Crippen LogP contribution in [0.1, 0.15) is 35.7 Å². The summed E-state index contributed by atoms with van der Waals surface area (Å²) in [6.45, 7) is 2.53. The molecule has 0 aromatic carbocycles. The van der Waals surface area contributed by atoms with Crippen molar-refractivity contribution in [3.8, 4) is 5.88 Å². The Morgan fingerprint density at radius 2 is 1.94 bits per heavy atom. The third-order valence-corrected chi connectivity index (χ3v) is 8.75. The number of anilines is 1. The van der Waals surface area contributed by atoms with Crippen molar-refractivity contribution in [2.75, 3.05) is 24.6 Å². The van der Waals surface area contributed by atoms with Gasteiger partial charge in [0, 0.05) is 72.7 Å². The number of ether oxygens (including phenoxy) is 1. The summed E-state index contributed by atoms with van der Waals surface area (Å²) in [5, 5.41) is 0. The highest BCUT2D eigenvalue weighted by atomic mass is 32.2. The zero-order valence-electron chi connectivity index (χ0n) is 18.7. The van der Waals surface area contributed by atoms with Crippen LogP contribution in [0.3, 0.4) is 0 Å². The lowest BCUT2D eigenvalue weighted by atomic mass is 9.73.